The maximum Gasteiger partial charge on any atom is 0.129 e. The van der Waals surface area contributed by atoms with Crippen LogP contribution in [0.2, 0.25) is 0 Å². The molecule has 4 rings (SSSR count). The first kappa shape index (κ1) is 19.2. The Morgan fingerprint density at radius 3 is 2.75 bits per heavy atom. The van der Waals surface area contributed by atoms with Gasteiger partial charge in [0.1, 0.15) is 5.82 Å². The number of nitrogens with zero attached hydrogens (tertiary/aromatic N) is 2. The molecular formula is C20H27N5O2S. The molecule has 0 amide bonds. The van der Waals surface area contributed by atoms with E-state index in [2.05, 4.69) is 53.7 Å². The predicted molar refractivity (Wildman–Crippen MR) is 114 cm³/mol. The molecule has 0 radical (unpaired) electrons. The first-order valence-corrected chi connectivity index (χ1v) is 10.3. The molecule has 4 N–H and O–H groups in total. The lowest BCUT2D eigenvalue weighted by molar-refractivity contribution is -0.138. The minimum atomic E-state index is -0.0951. The molecule has 4 heterocycles. The van der Waals surface area contributed by atoms with Crippen molar-refractivity contribution in [2.24, 2.45) is 5.41 Å². The van der Waals surface area contributed by atoms with Crippen molar-refractivity contribution in [1.82, 2.24) is 15.2 Å². The largest absolute Gasteiger partial charge is 0.396 e. The summed E-state index contributed by atoms with van der Waals surface area (Å²) in [6, 6.07) is 6.14. The highest BCUT2D eigenvalue weighted by molar-refractivity contribution is 7.22. The van der Waals surface area contributed by atoms with Crippen molar-refractivity contribution < 1.29 is 9.84 Å². The van der Waals surface area contributed by atoms with E-state index in [0.29, 0.717) is 13.2 Å². The second-order valence-electron chi connectivity index (χ2n) is 8.55. The Hall–Kier alpha value is -2.16. The van der Waals surface area contributed by atoms with Crippen LogP contribution >= 0.6 is 11.3 Å². The molecule has 0 aromatic carbocycles. The molecule has 3 aromatic heterocycles. The number of thiophene rings is 1. The van der Waals surface area contributed by atoms with Gasteiger partial charge in [-0.25, -0.2) is 4.98 Å². The highest BCUT2D eigenvalue weighted by Gasteiger charge is 2.37. The Balaban J connectivity index is 1.63. The van der Waals surface area contributed by atoms with Crippen molar-refractivity contribution in [3.63, 3.8) is 0 Å². The van der Waals surface area contributed by atoms with Crippen LogP contribution in [0, 0.1) is 5.41 Å². The zero-order valence-corrected chi connectivity index (χ0v) is 17.3. The molecular weight excluding hydrogens is 374 g/mol. The van der Waals surface area contributed by atoms with E-state index >= 15 is 0 Å². The van der Waals surface area contributed by atoms with Crippen molar-refractivity contribution in [2.75, 3.05) is 37.0 Å². The van der Waals surface area contributed by atoms with Gasteiger partial charge in [-0.1, -0.05) is 0 Å². The molecule has 0 spiro atoms. The number of hydrogen-bond acceptors (Lipinski definition) is 7. The molecule has 8 heteroatoms. The molecule has 0 saturated carbocycles. The van der Waals surface area contributed by atoms with Crippen LogP contribution in [0.1, 0.15) is 27.2 Å². The number of aromatic amines is 1. The van der Waals surface area contributed by atoms with Gasteiger partial charge in [0.25, 0.3) is 0 Å². The fourth-order valence-corrected chi connectivity index (χ4v) is 4.36. The number of H-pyrrole nitrogens is 1. The average molecular weight is 402 g/mol. The number of rotatable bonds is 7. The number of anilines is 2. The molecule has 0 unspecified atom stereocenters. The first-order valence-electron chi connectivity index (χ1n) is 9.53. The fourth-order valence-electron chi connectivity index (χ4n) is 3.29. The standard InChI is InChI=1S/C20H27N5O2S/c1-19(2,3)24-17-9-14(21-7-5-20(10-26)11-27-12-20)18-15(23-17)8-16(28-18)13-4-6-22-25-13/h4,6,8-9,26H,5,7,10-12H2,1-3H3,(H,22,25)(H2,21,23,24). The number of ether oxygens (including phenoxy) is 1. The smallest absolute Gasteiger partial charge is 0.129 e. The average Bonchev–Trinajstić information content (AvgIpc) is 3.24. The van der Waals surface area contributed by atoms with Crippen LogP contribution in [0.15, 0.2) is 24.4 Å². The van der Waals surface area contributed by atoms with E-state index in [4.69, 9.17) is 9.72 Å². The summed E-state index contributed by atoms with van der Waals surface area (Å²) >= 11 is 1.69. The third-order valence-electron chi connectivity index (χ3n) is 4.87. The number of aromatic nitrogens is 3. The lowest BCUT2D eigenvalue weighted by Crippen LogP contribution is -2.46. The van der Waals surface area contributed by atoms with Crippen molar-refractivity contribution in [3.8, 4) is 10.6 Å². The molecule has 0 bridgehead atoms. The Kier molecular flexibility index (Phi) is 5.03. The normalized spacial score (nSPS) is 16.1. The van der Waals surface area contributed by atoms with E-state index in [1.54, 1.807) is 17.5 Å². The Morgan fingerprint density at radius 2 is 2.14 bits per heavy atom. The number of hydrogen-bond donors (Lipinski definition) is 4. The molecule has 1 saturated heterocycles. The summed E-state index contributed by atoms with van der Waals surface area (Å²) in [6.45, 7) is 8.58. The maximum atomic E-state index is 9.65. The summed E-state index contributed by atoms with van der Waals surface area (Å²) in [5.41, 5.74) is 2.83. The summed E-state index contributed by atoms with van der Waals surface area (Å²) in [7, 11) is 0. The van der Waals surface area contributed by atoms with Crippen LogP contribution in [0.4, 0.5) is 11.5 Å². The molecule has 0 aliphatic carbocycles. The van der Waals surface area contributed by atoms with Gasteiger partial charge in [-0.05, 0) is 39.3 Å². The molecule has 0 atom stereocenters. The van der Waals surface area contributed by atoms with E-state index in [0.717, 1.165) is 45.3 Å². The highest BCUT2D eigenvalue weighted by atomic mass is 32.1. The van der Waals surface area contributed by atoms with Gasteiger partial charge in [0, 0.05) is 29.8 Å². The fraction of sp³-hybridized carbons (Fsp3) is 0.500. The van der Waals surface area contributed by atoms with Crippen molar-refractivity contribution in [3.05, 3.63) is 24.4 Å². The van der Waals surface area contributed by atoms with Gasteiger partial charge < -0.3 is 20.5 Å². The summed E-state index contributed by atoms with van der Waals surface area (Å²) in [4.78, 5) is 5.92. The molecule has 1 aliphatic rings. The summed E-state index contributed by atoms with van der Waals surface area (Å²) in [5.74, 6) is 0.848. The van der Waals surface area contributed by atoms with E-state index in [1.807, 2.05) is 6.07 Å². The predicted octanol–water partition coefficient (Wildman–Crippen LogP) is 3.71. The second kappa shape index (κ2) is 7.35. The quantitative estimate of drug-likeness (QED) is 0.482. The van der Waals surface area contributed by atoms with E-state index in [-0.39, 0.29) is 17.6 Å². The van der Waals surface area contributed by atoms with E-state index < -0.39 is 0 Å². The maximum absolute atomic E-state index is 9.65. The number of nitrogens with one attached hydrogen (secondary N) is 3. The van der Waals surface area contributed by atoms with Crippen LogP contribution < -0.4 is 10.6 Å². The zero-order valence-electron chi connectivity index (χ0n) is 16.5. The van der Waals surface area contributed by atoms with Gasteiger partial charge in [0.2, 0.25) is 0 Å². The van der Waals surface area contributed by atoms with Crippen molar-refractivity contribution in [1.29, 1.82) is 0 Å². The third-order valence-corrected chi connectivity index (χ3v) is 6.06. The second-order valence-corrected chi connectivity index (χ2v) is 9.61. The molecule has 150 valence electrons. The first-order chi connectivity index (χ1) is 13.4. The van der Waals surface area contributed by atoms with Crippen LogP contribution in [0.3, 0.4) is 0 Å². The number of aliphatic hydroxyl groups excluding tert-OH is 1. The number of aliphatic hydroxyl groups is 1. The third kappa shape index (κ3) is 3.99. The van der Waals surface area contributed by atoms with Gasteiger partial charge in [-0.2, -0.15) is 5.10 Å². The minimum absolute atomic E-state index is 0.0790. The lowest BCUT2D eigenvalue weighted by atomic mass is 9.83. The monoisotopic (exact) mass is 401 g/mol. The number of fused-ring (bicyclic) bond motifs is 1. The topological polar surface area (TPSA) is 95.1 Å². The van der Waals surface area contributed by atoms with E-state index in [1.165, 1.54) is 0 Å². The van der Waals surface area contributed by atoms with Crippen LogP contribution in [0.5, 0.6) is 0 Å². The number of pyridine rings is 1. The van der Waals surface area contributed by atoms with Gasteiger partial charge >= 0.3 is 0 Å². The van der Waals surface area contributed by atoms with E-state index in [9.17, 15) is 5.11 Å². The van der Waals surface area contributed by atoms with Gasteiger partial charge in [0.15, 0.2) is 0 Å². The summed E-state index contributed by atoms with van der Waals surface area (Å²) < 4.78 is 6.42. The molecule has 28 heavy (non-hydrogen) atoms. The van der Waals surface area contributed by atoms with Crippen LogP contribution in [-0.4, -0.2) is 52.2 Å². The molecule has 3 aromatic rings. The minimum Gasteiger partial charge on any atom is -0.396 e. The Morgan fingerprint density at radius 1 is 1.32 bits per heavy atom. The molecule has 7 nitrogen and oxygen atoms in total. The van der Waals surface area contributed by atoms with Gasteiger partial charge in [0.05, 0.1) is 46.3 Å². The Labute approximate surface area is 168 Å². The SMILES string of the molecule is CC(C)(C)Nc1cc(NCCC2(CO)COC2)c2sc(-c3ccn[nH]3)cc2n1. The molecule has 1 fully saturated rings. The molecule has 1 aliphatic heterocycles. The lowest BCUT2D eigenvalue weighted by Gasteiger charge is -2.40. The van der Waals surface area contributed by atoms with Crippen molar-refractivity contribution in [2.45, 2.75) is 32.7 Å². The van der Waals surface area contributed by atoms with Gasteiger partial charge in [-0.15, -0.1) is 11.3 Å². The van der Waals surface area contributed by atoms with Gasteiger partial charge in [-0.3, -0.25) is 5.10 Å². The summed E-state index contributed by atoms with van der Waals surface area (Å²) in [5, 5.41) is 23.8. The van der Waals surface area contributed by atoms with Crippen molar-refractivity contribution >= 4 is 33.1 Å². The Bertz CT molecular complexity index is 936. The summed E-state index contributed by atoms with van der Waals surface area (Å²) in [6.07, 6.45) is 2.63. The zero-order chi connectivity index (χ0) is 19.8. The highest BCUT2D eigenvalue weighted by Crippen LogP contribution is 2.38. The van der Waals surface area contributed by atoms with Crippen LogP contribution in [0.25, 0.3) is 20.8 Å². The van der Waals surface area contributed by atoms with Crippen LogP contribution in [-0.2, 0) is 4.74 Å².